The van der Waals surface area contributed by atoms with E-state index in [1.54, 1.807) is 12.1 Å². The highest BCUT2D eigenvalue weighted by Gasteiger charge is 2.01. The molecular formula is C11H16Cl2N2O. The van der Waals surface area contributed by atoms with Gasteiger partial charge in [-0.05, 0) is 25.2 Å². The van der Waals surface area contributed by atoms with Gasteiger partial charge >= 0.3 is 0 Å². The summed E-state index contributed by atoms with van der Waals surface area (Å²) >= 11 is 11.8. The van der Waals surface area contributed by atoms with E-state index in [4.69, 9.17) is 28.3 Å². The highest BCUT2D eigenvalue weighted by molar-refractivity contribution is 6.36. The van der Waals surface area contributed by atoms with E-state index >= 15 is 0 Å². The molecule has 0 saturated carbocycles. The van der Waals surface area contributed by atoms with Crippen LogP contribution in [0.1, 0.15) is 0 Å². The summed E-state index contributed by atoms with van der Waals surface area (Å²) in [6.07, 6.45) is 0. The normalized spacial score (nSPS) is 10.8. The fourth-order valence-corrected chi connectivity index (χ4v) is 1.77. The van der Waals surface area contributed by atoms with Crippen LogP contribution in [0.25, 0.3) is 0 Å². The highest BCUT2D eigenvalue weighted by Crippen LogP contribution is 2.24. The Kier molecular flexibility index (Phi) is 5.91. The van der Waals surface area contributed by atoms with Crippen molar-refractivity contribution in [2.75, 3.05) is 38.6 Å². The molecule has 0 saturated heterocycles. The molecular weight excluding hydrogens is 247 g/mol. The summed E-state index contributed by atoms with van der Waals surface area (Å²) in [5.74, 6) is 0. The van der Waals surface area contributed by atoms with Crippen molar-refractivity contribution in [2.45, 2.75) is 0 Å². The number of anilines is 1. The van der Waals surface area contributed by atoms with Crippen LogP contribution in [-0.2, 0) is 0 Å². The van der Waals surface area contributed by atoms with E-state index in [9.17, 15) is 0 Å². The monoisotopic (exact) mass is 262 g/mol. The van der Waals surface area contributed by atoms with Gasteiger partial charge in [0.25, 0.3) is 0 Å². The number of benzene rings is 1. The molecule has 2 N–H and O–H groups in total. The summed E-state index contributed by atoms with van der Waals surface area (Å²) in [4.78, 5) is 2.04. The summed E-state index contributed by atoms with van der Waals surface area (Å²) in [5.41, 5.74) is 0.878. The topological polar surface area (TPSA) is 35.5 Å². The second kappa shape index (κ2) is 6.97. The van der Waals surface area contributed by atoms with Crippen molar-refractivity contribution in [1.82, 2.24) is 4.90 Å². The minimum Gasteiger partial charge on any atom is -0.395 e. The Hall–Kier alpha value is -0.480. The van der Waals surface area contributed by atoms with Gasteiger partial charge < -0.3 is 15.3 Å². The summed E-state index contributed by atoms with van der Waals surface area (Å²) in [7, 11) is 1.96. The zero-order valence-corrected chi connectivity index (χ0v) is 10.7. The largest absolute Gasteiger partial charge is 0.395 e. The van der Waals surface area contributed by atoms with Crippen LogP contribution in [-0.4, -0.2) is 43.3 Å². The molecule has 0 aliphatic carbocycles. The minimum absolute atomic E-state index is 0.179. The number of aliphatic hydroxyl groups excluding tert-OH is 1. The van der Waals surface area contributed by atoms with Crippen LogP contribution < -0.4 is 5.32 Å². The molecule has 0 radical (unpaired) electrons. The van der Waals surface area contributed by atoms with Crippen LogP contribution in [0.2, 0.25) is 10.0 Å². The molecule has 3 nitrogen and oxygen atoms in total. The third-order valence-corrected chi connectivity index (χ3v) is 2.77. The standard InChI is InChI=1S/C11H16Cl2N2O/c1-15(6-7-16)5-4-14-11-3-2-9(12)8-10(11)13/h2-3,8,14,16H,4-7H2,1H3. The Morgan fingerprint density at radius 3 is 2.69 bits per heavy atom. The zero-order chi connectivity index (χ0) is 12.0. The van der Waals surface area contributed by atoms with Crippen LogP contribution in [0.3, 0.4) is 0 Å². The van der Waals surface area contributed by atoms with E-state index in [0.29, 0.717) is 16.6 Å². The van der Waals surface area contributed by atoms with Gasteiger partial charge in [-0.15, -0.1) is 0 Å². The highest BCUT2D eigenvalue weighted by atomic mass is 35.5. The molecule has 0 spiro atoms. The second-order valence-electron chi connectivity index (χ2n) is 3.58. The van der Waals surface area contributed by atoms with Crippen LogP contribution in [0.4, 0.5) is 5.69 Å². The van der Waals surface area contributed by atoms with Crippen molar-refractivity contribution >= 4 is 28.9 Å². The van der Waals surface area contributed by atoms with E-state index in [1.165, 1.54) is 0 Å². The van der Waals surface area contributed by atoms with E-state index < -0.39 is 0 Å². The number of nitrogens with one attached hydrogen (secondary N) is 1. The van der Waals surface area contributed by atoms with Gasteiger partial charge in [0.15, 0.2) is 0 Å². The van der Waals surface area contributed by atoms with Crippen molar-refractivity contribution in [1.29, 1.82) is 0 Å². The molecule has 0 unspecified atom stereocenters. The Labute approximate surface area is 106 Å². The number of hydrogen-bond acceptors (Lipinski definition) is 3. The lowest BCUT2D eigenvalue weighted by atomic mass is 10.3. The third kappa shape index (κ3) is 4.58. The van der Waals surface area contributed by atoms with Gasteiger partial charge in [0, 0.05) is 24.7 Å². The Bertz CT molecular complexity index is 334. The number of likely N-dealkylation sites (N-methyl/N-ethyl adjacent to an activating group) is 1. The van der Waals surface area contributed by atoms with E-state index in [2.05, 4.69) is 5.32 Å². The van der Waals surface area contributed by atoms with Gasteiger partial charge in [-0.3, -0.25) is 0 Å². The first kappa shape index (κ1) is 13.6. The fourth-order valence-electron chi connectivity index (χ4n) is 1.30. The van der Waals surface area contributed by atoms with E-state index in [-0.39, 0.29) is 6.61 Å². The smallest absolute Gasteiger partial charge is 0.0652 e. The number of rotatable bonds is 6. The van der Waals surface area contributed by atoms with E-state index in [1.807, 2.05) is 18.0 Å². The average molecular weight is 263 g/mol. The van der Waals surface area contributed by atoms with Gasteiger partial charge in [0.05, 0.1) is 17.3 Å². The number of aliphatic hydroxyl groups is 1. The van der Waals surface area contributed by atoms with Gasteiger partial charge in [0.2, 0.25) is 0 Å². The second-order valence-corrected chi connectivity index (χ2v) is 4.42. The molecule has 5 heteroatoms. The van der Waals surface area contributed by atoms with Gasteiger partial charge in [-0.2, -0.15) is 0 Å². The predicted octanol–water partition coefficient (Wildman–Crippen LogP) is 2.33. The lowest BCUT2D eigenvalue weighted by Gasteiger charge is -2.16. The minimum atomic E-state index is 0.179. The summed E-state index contributed by atoms with van der Waals surface area (Å²) in [6.45, 7) is 2.48. The maximum absolute atomic E-state index is 8.73. The van der Waals surface area contributed by atoms with Crippen molar-refractivity contribution in [3.63, 3.8) is 0 Å². The van der Waals surface area contributed by atoms with Gasteiger partial charge in [-0.25, -0.2) is 0 Å². The SMILES string of the molecule is CN(CCO)CCNc1ccc(Cl)cc1Cl. The Morgan fingerprint density at radius 2 is 2.06 bits per heavy atom. The van der Waals surface area contributed by atoms with Crippen molar-refractivity contribution in [3.8, 4) is 0 Å². The molecule has 1 aromatic carbocycles. The molecule has 0 aliphatic rings. The Morgan fingerprint density at radius 1 is 1.31 bits per heavy atom. The first-order chi connectivity index (χ1) is 7.63. The van der Waals surface area contributed by atoms with Crippen molar-refractivity contribution in [2.24, 2.45) is 0 Å². The molecule has 0 aliphatic heterocycles. The van der Waals surface area contributed by atoms with Crippen LogP contribution in [0.15, 0.2) is 18.2 Å². The molecule has 0 bridgehead atoms. The maximum Gasteiger partial charge on any atom is 0.0652 e. The average Bonchev–Trinajstić information content (AvgIpc) is 2.22. The van der Waals surface area contributed by atoms with Crippen LogP contribution in [0.5, 0.6) is 0 Å². The molecule has 1 rings (SSSR count). The van der Waals surface area contributed by atoms with Crippen LogP contribution in [0, 0.1) is 0 Å². The number of halogens is 2. The molecule has 0 amide bonds. The third-order valence-electron chi connectivity index (χ3n) is 2.22. The number of nitrogens with zero attached hydrogens (tertiary/aromatic N) is 1. The van der Waals surface area contributed by atoms with Crippen molar-refractivity contribution < 1.29 is 5.11 Å². The molecule has 1 aromatic rings. The van der Waals surface area contributed by atoms with Crippen molar-refractivity contribution in [3.05, 3.63) is 28.2 Å². The lowest BCUT2D eigenvalue weighted by molar-refractivity contribution is 0.225. The summed E-state index contributed by atoms with van der Waals surface area (Å²) < 4.78 is 0. The first-order valence-corrected chi connectivity index (χ1v) is 5.87. The van der Waals surface area contributed by atoms with E-state index in [0.717, 1.165) is 18.8 Å². The van der Waals surface area contributed by atoms with Gasteiger partial charge in [-0.1, -0.05) is 23.2 Å². The molecule has 0 fully saturated rings. The quantitative estimate of drug-likeness (QED) is 0.826. The number of hydrogen-bond donors (Lipinski definition) is 2. The molecule has 0 heterocycles. The Balaban J connectivity index is 2.37. The summed E-state index contributed by atoms with van der Waals surface area (Å²) in [6, 6.07) is 5.37. The molecule has 0 aromatic heterocycles. The maximum atomic E-state index is 8.73. The predicted molar refractivity (Wildman–Crippen MR) is 69.5 cm³/mol. The zero-order valence-electron chi connectivity index (χ0n) is 9.21. The lowest BCUT2D eigenvalue weighted by Crippen LogP contribution is -2.27. The van der Waals surface area contributed by atoms with Gasteiger partial charge in [0.1, 0.15) is 0 Å². The first-order valence-electron chi connectivity index (χ1n) is 5.12. The molecule has 16 heavy (non-hydrogen) atoms. The molecule has 90 valence electrons. The summed E-state index contributed by atoms with van der Waals surface area (Å²) in [5, 5.41) is 13.2. The van der Waals surface area contributed by atoms with Crippen LogP contribution >= 0.6 is 23.2 Å². The fraction of sp³-hybridized carbons (Fsp3) is 0.455. The molecule has 0 atom stereocenters.